The molecule has 0 bridgehead atoms. The predicted molar refractivity (Wildman–Crippen MR) is 93.1 cm³/mol. The molecule has 122 valence electrons. The lowest BCUT2D eigenvalue weighted by molar-refractivity contribution is 0.313. The summed E-state index contributed by atoms with van der Waals surface area (Å²) in [5.41, 5.74) is 6.50. The molecule has 3 N–H and O–H groups in total. The average Bonchev–Trinajstić information content (AvgIpc) is 2.52. The molecule has 2 aromatic rings. The fourth-order valence-corrected chi connectivity index (χ4v) is 2.04. The van der Waals surface area contributed by atoms with E-state index in [1.807, 2.05) is 0 Å². The lowest BCUT2D eigenvalue weighted by atomic mass is 10.3. The maximum atomic E-state index is 12.7. The van der Waals surface area contributed by atoms with Gasteiger partial charge in [0.1, 0.15) is 11.6 Å². The third-order valence-corrected chi connectivity index (χ3v) is 3.60. The third-order valence-electron chi connectivity index (χ3n) is 2.86. The second kappa shape index (κ2) is 8.60. The summed E-state index contributed by atoms with van der Waals surface area (Å²) in [6.45, 7) is 0.969. The van der Waals surface area contributed by atoms with Crippen LogP contribution in [0.25, 0.3) is 0 Å². The van der Waals surface area contributed by atoms with Crippen LogP contribution >= 0.6 is 23.2 Å². The molecule has 0 aromatic heterocycles. The number of halogens is 3. The van der Waals surface area contributed by atoms with E-state index in [1.165, 1.54) is 12.1 Å². The Morgan fingerprint density at radius 2 is 1.87 bits per heavy atom. The largest absolute Gasteiger partial charge is 0.494 e. The Morgan fingerprint density at radius 1 is 1.13 bits per heavy atom. The topological polar surface area (TPSA) is 59.6 Å². The summed E-state index contributed by atoms with van der Waals surface area (Å²) in [5.74, 6) is 0.616. The number of nitrogens with one attached hydrogen (secondary N) is 1. The molecule has 2 rings (SSSR count). The Balaban J connectivity index is 1.72. The summed E-state index contributed by atoms with van der Waals surface area (Å²) in [7, 11) is 0. The first-order chi connectivity index (χ1) is 11.0. The molecule has 0 fully saturated rings. The molecular formula is C16H16Cl2FN3O. The maximum Gasteiger partial charge on any atom is 0.193 e. The highest BCUT2D eigenvalue weighted by atomic mass is 35.5. The van der Waals surface area contributed by atoms with E-state index in [-0.39, 0.29) is 11.8 Å². The summed E-state index contributed by atoms with van der Waals surface area (Å²) in [5, 5.41) is 3.85. The van der Waals surface area contributed by atoms with Gasteiger partial charge in [0, 0.05) is 18.7 Å². The SMILES string of the molecule is NC(=NCCCOc1ccc(F)cc1)Nc1ccc(Cl)c(Cl)c1. The van der Waals surface area contributed by atoms with Gasteiger partial charge in [-0.2, -0.15) is 0 Å². The van der Waals surface area contributed by atoms with E-state index in [4.69, 9.17) is 33.7 Å². The van der Waals surface area contributed by atoms with Crippen molar-refractivity contribution in [3.8, 4) is 5.75 Å². The standard InChI is InChI=1S/C16H16Cl2FN3O/c17-14-7-4-12(10-15(14)18)22-16(20)21-8-1-9-23-13-5-2-11(19)3-6-13/h2-7,10H,1,8-9H2,(H3,20,21,22). The van der Waals surface area contributed by atoms with Crippen LogP contribution in [0.5, 0.6) is 5.75 Å². The number of guanidine groups is 1. The van der Waals surface area contributed by atoms with Crippen LogP contribution in [0.1, 0.15) is 6.42 Å². The van der Waals surface area contributed by atoms with Gasteiger partial charge in [-0.3, -0.25) is 4.99 Å². The number of nitrogens with two attached hydrogens (primary N) is 1. The molecule has 7 heteroatoms. The predicted octanol–water partition coefficient (Wildman–Crippen LogP) is 4.33. The van der Waals surface area contributed by atoms with E-state index >= 15 is 0 Å². The summed E-state index contributed by atoms with van der Waals surface area (Å²) in [4.78, 5) is 4.18. The minimum Gasteiger partial charge on any atom is -0.494 e. The molecule has 0 radical (unpaired) electrons. The smallest absolute Gasteiger partial charge is 0.193 e. The number of benzene rings is 2. The number of rotatable bonds is 6. The highest BCUT2D eigenvalue weighted by Crippen LogP contribution is 2.24. The first-order valence-corrected chi connectivity index (χ1v) is 7.70. The number of hydrogen-bond acceptors (Lipinski definition) is 2. The van der Waals surface area contributed by atoms with Gasteiger partial charge in [-0.05, 0) is 42.5 Å². The van der Waals surface area contributed by atoms with Gasteiger partial charge in [0.25, 0.3) is 0 Å². The van der Waals surface area contributed by atoms with Gasteiger partial charge in [-0.25, -0.2) is 4.39 Å². The molecule has 0 heterocycles. The fourth-order valence-electron chi connectivity index (χ4n) is 1.75. The van der Waals surface area contributed by atoms with Crippen molar-refractivity contribution in [2.24, 2.45) is 10.7 Å². The van der Waals surface area contributed by atoms with Crippen LogP contribution in [-0.4, -0.2) is 19.1 Å². The Kier molecular flexibility index (Phi) is 6.50. The van der Waals surface area contributed by atoms with Crippen molar-refractivity contribution in [2.75, 3.05) is 18.5 Å². The molecular weight excluding hydrogens is 340 g/mol. The molecule has 2 aromatic carbocycles. The Hall–Kier alpha value is -1.98. The lowest BCUT2D eigenvalue weighted by Gasteiger charge is -2.07. The number of anilines is 1. The van der Waals surface area contributed by atoms with E-state index in [2.05, 4.69) is 10.3 Å². The van der Waals surface area contributed by atoms with Crippen molar-refractivity contribution >= 4 is 34.8 Å². The van der Waals surface area contributed by atoms with Crippen LogP contribution in [0.4, 0.5) is 10.1 Å². The molecule has 23 heavy (non-hydrogen) atoms. The van der Waals surface area contributed by atoms with Crippen molar-refractivity contribution in [1.82, 2.24) is 0 Å². The van der Waals surface area contributed by atoms with Gasteiger partial charge in [-0.1, -0.05) is 23.2 Å². The molecule has 0 amide bonds. The van der Waals surface area contributed by atoms with Gasteiger partial charge >= 0.3 is 0 Å². The highest BCUT2D eigenvalue weighted by molar-refractivity contribution is 6.42. The minimum atomic E-state index is -0.289. The van der Waals surface area contributed by atoms with Gasteiger partial charge in [0.05, 0.1) is 16.7 Å². The quantitative estimate of drug-likeness (QED) is 0.460. The van der Waals surface area contributed by atoms with Gasteiger partial charge in [-0.15, -0.1) is 0 Å². The number of hydrogen-bond donors (Lipinski definition) is 2. The maximum absolute atomic E-state index is 12.7. The molecule has 0 spiro atoms. The van der Waals surface area contributed by atoms with E-state index < -0.39 is 0 Å². The van der Waals surface area contributed by atoms with Crippen LogP contribution in [0.3, 0.4) is 0 Å². The second-order valence-corrected chi connectivity index (χ2v) is 5.49. The molecule has 4 nitrogen and oxygen atoms in total. The van der Waals surface area contributed by atoms with Crippen molar-refractivity contribution in [3.05, 3.63) is 58.3 Å². The van der Waals surface area contributed by atoms with Crippen molar-refractivity contribution < 1.29 is 9.13 Å². The summed E-state index contributed by atoms with van der Waals surface area (Å²) in [6, 6.07) is 11.0. The van der Waals surface area contributed by atoms with Crippen LogP contribution in [0.15, 0.2) is 47.5 Å². The average molecular weight is 356 g/mol. The summed E-state index contributed by atoms with van der Waals surface area (Å²) >= 11 is 11.8. The van der Waals surface area contributed by atoms with Crippen LogP contribution < -0.4 is 15.8 Å². The molecule has 0 atom stereocenters. The normalized spacial score (nSPS) is 11.3. The van der Waals surface area contributed by atoms with Crippen molar-refractivity contribution in [2.45, 2.75) is 6.42 Å². The van der Waals surface area contributed by atoms with Crippen molar-refractivity contribution in [3.63, 3.8) is 0 Å². The fraction of sp³-hybridized carbons (Fsp3) is 0.188. The van der Waals surface area contributed by atoms with Gasteiger partial charge < -0.3 is 15.8 Å². The van der Waals surface area contributed by atoms with E-state index in [9.17, 15) is 4.39 Å². The Bertz CT molecular complexity index is 678. The first-order valence-electron chi connectivity index (χ1n) is 6.95. The van der Waals surface area contributed by atoms with E-state index in [0.717, 1.165) is 0 Å². The molecule has 0 aliphatic heterocycles. The van der Waals surface area contributed by atoms with Gasteiger partial charge in [0.15, 0.2) is 5.96 Å². The summed E-state index contributed by atoms with van der Waals surface area (Å²) < 4.78 is 18.2. The first kappa shape index (κ1) is 17.4. The third kappa shape index (κ3) is 5.96. The Morgan fingerprint density at radius 3 is 2.57 bits per heavy atom. The van der Waals surface area contributed by atoms with Crippen LogP contribution in [0, 0.1) is 5.82 Å². The number of nitrogens with zero attached hydrogens (tertiary/aromatic N) is 1. The molecule has 0 aliphatic carbocycles. The van der Waals surface area contributed by atoms with Gasteiger partial charge in [0.2, 0.25) is 0 Å². The lowest BCUT2D eigenvalue weighted by Crippen LogP contribution is -2.23. The highest BCUT2D eigenvalue weighted by Gasteiger charge is 2.00. The molecule has 0 aliphatic rings. The zero-order valence-electron chi connectivity index (χ0n) is 12.2. The number of aliphatic imine (C=N–C) groups is 1. The Labute approximate surface area is 144 Å². The summed E-state index contributed by atoms with van der Waals surface area (Å²) in [6.07, 6.45) is 0.682. The second-order valence-electron chi connectivity index (χ2n) is 4.68. The number of ether oxygens (including phenoxy) is 1. The van der Waals surface area contributed by atoms with E-state index in [0.29, 0.717) is 41.1 Å². The molecule has 0 saturated heterocycles. The molecule has 0 saturated carbocycles. The monoisotopic (exact) mass is 355 g/mol. The molecule has 0 unspecified atom stereocenters. The zero-order valence-corrected chi connectivity index (χ0v) is 13.7. The zero-order chi connectivity index (χ0) is 16.7. The van der Waals surface area contributed by atoms with Crippen LogP contribution in [0.2, 0.25) is 10.0 Å². The van der Waals surface area contributed by atoms with Crippen LogP contribution in [-0.2, 0) is 0 Å². The van der Waals surface area contributed by atoms with Crippen molar-refractivity contribution in [1.29, 1.82) is 0 Å². The minimum absolute atomic E-state index is 0.283. The van der Waals surface area contributed by atoms with E-state index in [1.54, 1.807) is 30.3 Å².